The van der Waals surface area contributed by atoms with Crippen molar-refractivity contribution in [3.63, 3.8) is 0 Å². The predicted molar refractivity (Wildman–Crippen MR) is 180 cm³/mol. The molecule has 1 saturated carbocycles. The molecule has 1 atom stereocenters. The molecule has 4 rings (SSSR count). The number of nitrogens with zero attached hydrogens (tertiary/aromatic N) is 2. The molecule has 0 spiro atoms. The van der Waals surface area contributed by atoms with Gasteiger partial charge in [0.25, 0.3) is 10.0 Å². The summed E-state index contributed by atoms with van der Waals surface area (Å²) in [6.07, 6.45) is 5.19. The van der Waals surface area contributed by atoms with E-state index in [1.54, 1.807) is 30.3 Å². The monoisotopic (exact) mass is 693 g/mol. The molecule has 0 bridgehead atoms. The van der Waals surface area contributed by atoms with Crippen molar-refractivity contribution < 1.29 is 22.7 Å². The van der Waals surface area contributed by atoms with Crippen LogP contribution in [-0.4, -0.2) is 50.9 Å². The summed E-state index contributed by atoms with van der Waals surface area (Å²) in [7, 11) is -2.82. The van der Waals surface area contributed by atoms with Crippen molar-refractivity contribution in [3.8, 4) is 5.75 Å². The average Bonchev–Trinajstić information content (AvgIpc) is 3.01. The second-order valence-electron chi connectivity index (χ2n) is 11.1. The van der Waals surface area contributed by atoms with Crippen LogP contribution < -0.4 is 14.4 Å². The summed E-state index contributed by atoms with van der Waals surface area (Å²) in [6.45, 7) is 2.94. The van der Waals surface area contributed by atoms with E-state index in [1.807, 2.05) is 13.8 Å². The maximum Gasteiger partial charge on any atom is 0.264 e. The Morgan fingerprint density at radius 1 is 0.956 bits per heavy atom. The Hall–Kier alpha value is -2.98. The number of benzene rings is 3. The molecule has 242 valence electrons. The third-order valence-corrected chi connectivity index (χ3v) is 10.8. The van der Waals surface area contributed by atoms with E-state index in [2.05, 4.69) is 5.32 Å². The minimum Gasteiger partial charge on any atom is -0.495 e. The van der Waals surface area contributed by atoms with Crippen LogP contribution in [0.5, 0.6) is 5.75 Å². The van der Waals surface area contributed by atoms with Crippen LogP contribution in [0.1, 0.15) is 56.6 Å². The minimum absolute atomic E-state index is 0.00405. The lowest BCUT2D eigenvalue weighted by Crippen LogP contribution is -2.54. The average molecular weight is 695 g/mol. The Balaban J connectivity index is 1.76. The molecule has 0 radical (unpaired) electrons. The quantitative estimate of drug-likeness (QED) is 0.213. The number of halogens is 3. The Kier molecular flexibility index (Phi) is 12.0. The zero-order chi connectivity index (χ0) is 32.7. The highest BCUT2D eigenvalue weighted by Gasteiger charge is 2.35. The molecule has 0 unspecified atom stereocenters. The van der Waals surface area contributed by atoms with Crippen LogP contribution in [0.4, 0.5) is 5.69 Å². The van der Waals surface area contributed by atoms with Crippen molar-refractivity contribution in [1.82, 2.24) is 10.2 Å². The van der Waals surface area contributed by atoms with Gasteiger partial charge in [0, 0.05) is 28.2 Å². The molecule has 45 heavy (non-hydrogen) atoms. The smallest absolute Gasteiger partial charge is 0.264 e. The van der Waals surface area contributed by atoms with Crippen LogP contribution in [0.25, 0.3) is 0 Å². The number of rotatable bonds is 12. The predicted octanol–water partition coefficient (Wildman–Crippen LogP) is 7.42. The van der Waals surface area contributed by atoms with Crippen LogP contribution in [0.3, 0.4) is 0 Å². The zero-order valence-corrected chi connectivity index (χ0v) is 28.6. The molecule has 8 nitrogen and oxygen atoms in total. The van der Waals surface area contributed by atoms with Gasteiger partial charge in [-0.3, -0.25) is 13.9 Å². The number of carbonyl (C=O) groups excluding carboxylic acids is 2. The number of hydrogen-bond acceptors (Lipinski definition) is 5. The van der Waals surface area contributed by atoms with E-state index in [9.17, 15) is 18.0 Å². The number of aryl methyl sites for hydroxylation is 1. The lowest BCUT2D eigenvalue weighted by atomic mass is 9.95. The van der Waals surface area contributed by atoms with Gasteiger partial charge in [0.2, 0.25) is 11.8 Å². The summed E-state index contributed by atoms with van der Waals surface area (Å²) in [5, 5.41) is 3.95. The molecule has 3 aromatic carbocycles. The first-order valence-corrected chi connectivity index (χ1v) is 17.5. The second kappa shape index (κ2) is 15.5. The summed E-state index contributed by atoms with van der Waals surface area (Å²) in [5.41, 5.74) is 1.49. The molecule has 0 aliphatic heterocycles. The topological polar surface area (TPSA) is 96.0 Å². The van der Waals surface area contributed by atoms with Crippen molar-refractivity contribution in [1.29, 1.82) is 0 Å². The molecule has 1 fully saturated rings. The molecule has 1 aliphatic rings. The first-order valence-electron chi connectivity index (χ1n) is 14.9. The van der Waals surface area contributed by atoms with Gasteiger partial charge in [-0.2, -0.15) is 0 Å². The number of anilines is 1. The highest BCUT2D eigenvalue weighted by molar-refractivity contribution is 7.92. The molecule has 0 saturated heterocycles. The fraction of sp³-hybridized carbons (Fsp3) is 0.394. The summed E-state index contributed by atoms with van der Waals surface area (Å²) in [5.74, 6) is -0.569. The van der Waals surface area contributed by atoms with Crippen molar-refractivity contribution >= 4 is 62.3 Å². The number of sulfonamides is 1. The Morgan fingerprint density at radius 2 is 1.60 bits per heavy atom. The van der Waals surface area contributed by atoms with Crippen LogP contribution >= 0.6 is 34.8 Å². The fourth-order valence-electron chi connectivity index (χ4n) is 5.49. The molecule has 1 N–H and O–H groups in total. The largest absolute Gasteiger partial charge is 0.495 e. The van der Waals surface area contributed by atoms with Crippen molar-refractivity contribution in [2.75, 3.05) is 18.0 Å². The van der Waals surface area contributed by atoms with Crippen molar-refractivity contribution in [3.05, 3.63) is 86.9 Å². The van der Waals surface area contributed by atoms with Gasteiger partial charge >= 0.3 is 0 Å². The maximum atomic E-state index is 14.4. The highest BCUT2D eigenvalue weighted by Crippen LogP contribution is 2.33. The van der Waals surface area contributed by atoms with Crippen LogP contribution in [-0.2, 0) is 26.2 Å². The van der Waals surface area contributed by atoms with Gasteiger partial charge in [-0.1, -0.05) is 84.8 Å². The van der Waals surface area contributed by atoms with Gasteiger partial charge in [-0.25, -0.2) is 8.42 Å². The lowest BCUT2D eigenvalue weighted by Gasteiger charge is -2.35. The molecule has 2 amide bonds. The molecule has 1 aliphatic carbocycles. The summed E-state index contributed by atoms with van der Waals surface area (Å²) >= 11 is 19.5. The van der Waals surface area contributed by atoms with Crippen LogP contribution in [0.2, 0.25) is 15.1 Å². The van der Waals surface area contributed by atoms with E-state index in [0.29, 0.717) is 21.4 Å². The number of carbonyl (C=O) groups is 2. The number of amides is 2. The Labute approximate surface area is 280 Å². The molecule has 0 heterocycles. The first kappa shape index (κ1) is 34.9. The van der Waals surface area contributed by atoms with Crippen molar-refractivity contribution in [2.24, 2.45) is 0 Å². The molecule has 3 aromatic rings. The number of hydrogen-bond donors (Lipinski definition) is 1. The van der Waals surface area contributed by atoms with E-state index in [1.165, 1.54) is 42.3 Å². The first-order chi connectivity index (χ1) is 21.5. The summed E-state index contributed by atoms with van der Waals surface area (Å²) in [4.78, 5) is 29.5. The highest BCUT2D eigenvalue weighted by atomic mass is 35.5. The van der Waals surface area contributed by atoms with E-state index in [0.717, 1.165) is 42.0 Å². The van der Waals surface area contributed by atoms with Crippen LogP contribution in [0, 0.1) is 6.92 Å². The second-order valence-corrected chi connectivity index (χ2v) is 14.2. The maximum absolute atomic E-state index is 14.4. The number of methoxy groups -OCH3 is 1. The molecule has 0 aromatic heterocycles. The van der Waals surface area contributed by atoms with E-state index in [-0.39, 0.29) is 40.5 Å². The summed E-state index contributed by atoms with van der Waals surface area (Å²) < 4.78 is 34.5. The van der Waals surface area contributed by atoms with Gasteiger partial charge in [0.15, 0.2) is 0 Å². The molecule has 12 heteroatoms. The van der Waals surface area contributed by atoms with Crippen LogP contribution in [0.15, 0.2) is 65.6 Å². The number of ether oxygens (including phenoxy) is 1. The Bertz CT molecular complexity index is 1590. The zero-order valence-electron chi connectivity index (χ0n) is 25.6. The van der Waals surface area contributed by atoms with E-state index < -0.39 is 28.5 Å². The third-order valence-electron chi connectivity index (χ3n) is 8.04. The molecular weight excluding hydrogens is 657 g/mol. The van der Waals surface area contributed by atoms with Crippen molar-refractivity contribution in [2.45, 2.75) is 75.9 Å². The minimum atomic E-state index is -4.27. The van der Waals surface area contributed by atoms with E-state index in [4.69, 9.17) is 39.5 Å². The molecular formula is C33H38Cl3N3O5S. The van der Waals surface area contributed by atoms with Gasteiger partial charge in [0.1, 0.15) is 18.3 Å². The lowest BCUT2D eigenvalue weighted by molar-refractivity contribution is -0.140. The fourth-order valence-corrected chi connectivity index (χ4v) is 7.67. The standard InChI is InChI=1S/C33H38Cl3N3O5S/c1-4-30(33(41)37-23-9-6-5-7-10-23)38(20-26-27(34)11-8-12-28(26)35)32(40)21-39(24-15-18-31(44-3)29(36)19-24)45(42,43)25-16-13-22(2)14-17-25/h8,11-19,23,30H,4-7,9-10,20-21H2,1-3H3,(H,37,41)/t30-/m0/s1. The Morgan fingerprint density at radius 3 is 2.18 bits per heavy atom. The van der Waals surface area contributed by atoms with Gasteiger partial charge in [-0.05, 0) is 68.7 Å². The third kappa shape index (κ3) is 8.44. The van der Waals surface area contributed by atoms with Gasteiger partial charge < -0.3 is 15.0 Å². The van der Waals surface area contributed by atoms with Gasteiger partial charge in [0.05, 0.1) is 22.7 Å². The SMILES string of the molecule is CC[C@@H](C(=O)NC1CCCCC1)N(Cc1c(Cl)cccc1Cl)C(=O)CN(c1ccc(OC)c(Cl)c1)S(=O)(=O)c1ccc(C)cc1. The van der Waals surface area contributed by atoms with E-state index >= 15 is 0 Å². The normalized spacial score (nSPS) is 14.4. The van der Waals surface area contributed by atoms with Gasteiger partial charge in [-0.15, -0.1) is 0 Å². The number of nitrogens with one attached hydrogen (secondary N) is 1. The summed E-state index contributed by atoms with van der Waals surface area (Å²) in [6, 6.07) is 14.9.